The summed E-state index contributed by atoms with van der Waals surface area (Å²) in [6, 6.07) is 0. The maximum absolute atomic E-state index is 2.12. The van der Waals surface area contributed by atoms with Crippen molar-refractivity contribution < 1.29 is 0 Å². The Labute approximate surface area is 86.8 Å². The molecule has 13 heavy (non-hydrogen) atoms. The van der Waals surface area contributed by atoms with E-state index in [1.165, 1.54) is 0 Å². The standard InChI is InChI=1S/C5H6.4C2H6/c1-2-4-5-3-1;4*1-2/h1-4H,5H2;4*1-2H3. The van der Waals surface area contributed by atoms with Gasteiger partial charge in [-0.15, -0.1) is 0 Å². The molecule has 0 amide bonds. The molecular formula is C13H30. The van der Waals surface area contributed by atoms with E-state index in [4.69, 9.17) is 0 Å². The fourth-order valence-electron chi connectivity index (χ4n) is 0.393. The number of hydrogen-bond acceptors (Lipinski definition) is 0. The summed E-state index contributed by atoms with van der Waals surface area (Å²) < 4.78 is 0. The first-order valence-electron chi connectivity index (χ1n) is 5.82. The maximum atomic E-state index is 2.12. The number of allylic oxidation sites excluding steroid dienone is 4. The van der Waals surface area contributed by atoms with Crippen molar-refractivity contribution in [2.24, 2.45) is 0 Å². The summed E-state index contributed by atoms with van der Waals surface area (Å²) in [7, 11) is 0. The summed E-state index contributed by atoms with van der Waals surface area (Å²) in [6.07, 6.45) is 9.50. The zero-order valence-corrected chi connectivity index (χ0v) is 11.0. The lowest BCUT2D eigenvalue weighted by molar-refractivity contribution is 1.45. The van der Waals surface area contributed by atoms with Gasteiger partial charge in [0.15, 0.2) is 0 Å². The van der Waals surface area contributed by atoms with Crippen molar-refractivity contribution in [2.75, 3.05) is 0 Å². The van der Waals surface area contributed by atoms with E-state index < -0.39 is 0 Å². The zero-order chi connectivity index (χ0) is 11.5. The minimum Gasteiger partial charge on any atom is -0.0808 e. The summed E-state index contributed by atoms with van der Waals surface area (Å²) in [5, 5.41) is 0. The van der Waals surface area contributed by atoms with E-state index in [0.29, 0.717) is 0 Å². The first-order valence-corrected chi connectivity index (χ1v) is 5.82. The quantitative estimate of drug-likeness (QED) is 0.461. The monoisotopic (exact) mass is 186 g/mol. The summed E-state index contributed by atoms with van der Waals surface area (Å²) in [5.74, 6) is 0. The van der Waals surface area contributed by atoms with Gasteiger partial charge in [-0.3, -0.25) is 0 Å². The first kappa shape index (κ1) is 22.9. The van der Waals surface area contributed by atoms with Gasteiger partial charge in [0.05, 0.1) is 0 Å². The van der Waals surface area contributed by atoms with Gasteiger partial charge < -0.3 is 0 Å². The fraction of sp³-hybridized carbons (Fsp3) is 0.692. The molecule has 1 aliphatic carbocycles. The van der Waals surface area contributed by atoms with Gasteiger partial charge in [0.2, 0.25) is 0 Å². The molecule has 82 valence electrons. The Morgan fingerprint density at radius 2 is 0.769 bits per heavy atom. The predicted octanol–water partition coefficient (Wildman–Crippen LogP) is 5.61. The van der Waals surface area contributed by atoms with Gasteiger partial charge >= 0.3 is 0 Å². The molecule has 0 atom stereocenters. The Kier molecular flexibility index (Phi) is 111. The molecule has 0 heteroatoms. The second-order valence-electron chi connectivity index (χ2n) is 1.09. The van der Waals surface area contributed by atoms with Crippen molar-refractivity contribution in [2.45, 2.75) is 61.8 Å². The highest BCUT2D eigenvalue weighted by molar-refractivity contribution is 5.11. The van der Waals surface area contributed by atoms with Crippen LogP contribution in [-0.2, 0) is 0 Å². The molecular weight excluding hydrogens is 156 g/mol. The van der Waals surface area contributed by atoms with Crippen molar-refractivity contribution in [3.63, 3.8) is 0 Å². The van der Waals surface area contributed by atoms with Crippen LogP contribution in [0.25, 0.3) is 0 Å². The summed E-state index contributed by atoms with van der Waals surface area (Å²) in [5.41, 5.74) is 0. The molecule has 0 heterocycles. The molecule has 0 saturated heterocycles. The highest BCUT2D eigenvalue weighted by Crippen LogP contribution is 1.93. The van der Waals surface area contributed by atoms with Crippen LogP contribution in [0.5, 0.6) is 0 Å². The van der Waals surface area contributed by atoms with E-state index in [-0.39, 0.29) is 0 Å². The van der Waals surface area contributed by atoms with Crippen LogP contribution in [0.1, 0.15) is 61.8 Å². The maximum Gasteiger partial charge on any atom is -0.0163 e. The van der Waals surface area contributed by atoms with E-state index in [0.717, 1.165) is 6.42 Å². The Morgan fingerprint density at radius 1 is 0.538 bits per heavy atom. The number of rotatable bonds is 0. The van der Waals surface area contributed by atoms with E-state index in [1.54, 1.807) is 0 Å². The average molecular weight is 186 g/mol. The zero-order valence-electron chi connectivity index (χ0n) is 11.0. The van der Waals surface area contributed by atoms with Crippen LogP contribution in [0.3, 0.4) is 0 Å². The Morgan fingerprint density at radius 3 is 0.846 bits per heavy atom. The molecule has 0 unspecified atom stereocenters. The molecule has 0 aromatic heterocycles. The molecule has 0 radical (unpaired) electrons. The third kappa shape index (κ3) is 51.4. The van der Waals surface area contributed by atoms with Gasteiger partial charge in [-0.1, -0.05) is 79.7 Å². The first-order chi connectivity index (χ1) is 6.50. The van der Waals surface area contributed by atoms with Gasteiger partial charge in [0, 0.05) is 0 Å². The van der Waals surface area contributed by atoms with Crippen LogP contribution < -0.4 is 0 Å². The molecule has 0 nitrogen and oxygen atoms in total. The molecule has 0 saturated carbocycles. The largest absolute Gasteiger partial charge is 0.0808 e. The van der Waals surface area contributed by atoms with Crippen molar-refractivity contribution in [1.82, 2.24) is 0 Å². The summed E-state index contributed by atoms with van der Waals surface area (Å²) >= 11 is 0. The normalized spacial score (nSPS) is 8.62. The average Bonchev–Trinajstić information content (AvgIpc) is 2.87. The second kappa shape index (κ2) is 62.8. The van der Waals surface area contributed by atoms with Gasteiger partial charge in [-0.2, -0.15) is 0 Å². The van der Waals surface area contributed by atoms with Crippen LogP contribution >= 0.6 is 0 Å². The Balaban J connectivity index is -0.0000000445. The van der Waals surface area contributed by atoms with Crippen LogP contribution in [-0.4, -0.2) is 0 Å². The van der Waals surface area contributed by atoms with Crippen molar-refractivity contribution in [1.29, 1.82) is 0 Å². The predicted molar refractivity (Wildman–Crippen MR) is 68.3 cm³/mol. The molecule has 0 spiro atoms. The van der Waals surface area contributed by atoms with Gasteiger partial charge in [-0.25, -0.2) is 0 Å². The van der Waals surface area contributed by atoms with Gasteiger partial charge in [-0.05, 0) is 6.42 Å². The lowest BCUT2D eigenvalue weighted by Gasteiger charge is -1.57. The fourth-order valence-corrected chi connectivity index (χ4v) is 0.393. The molecule has 1 aliphatic rings. The van der Waals surface area contributed by atoms with Crippen LogP contribution in [0, 0.1) is 0 Å². The van der Waals surface area contributed by atoms with E-state index in [9.17, 15) is 0 Å². The third-order valence-electron chi connectivity index (χ3n) is 0.655. The molecule has 0 aromatic rings. The highest BCUT2D eigenvalue weighted by atomic mass is 13.8. The molecule has 0 fully saturated rings. The Bertz CT molecular complexity index is 58.1. The van der Waals surface area contributed by atoms with Crippen molar-refractivity contribution in [3.8, 4) is 0 Å². The molecule has 0 aromatic carbocycles. The third-order valence-corrected chi connectivity index (χ3v) is 0.655. The molecule has 0 bridgehead atoms. The highest BCUT2D eigenvalue weighted by Gasteiger charge is 1.72. The SMILES string of the molecule is C1=CCC=C1.CC.CC.CC.CC. The summed E-state index contributed by atoms with van der Waals surface area (Å²) in [4.78, 5) is 0. The molecule has 0 N–H and O–H groups in total. The van der Waals surface area contributed by atoms with Crippen molar-refractivity contribution >= 4 is 0 Å². The van der Waals surface area contributed by atoms with Crippen LogP contribution in [0.15, 0.2) is 24.3 Å². The van der Waals surface area contributed by atoms with Crippen LogP contribution in [0.4, 0.5) is 0 Å². The second-order valence-corrected chi connectivity index (χ2v) is 1.09. The van der Waals surface area contributed by atoms with E-state index >= 15 is 0 Å². The lowest BCUT2D eigenvalue weighted by Crippen LogP contribution is -1.37. The Hall–Kier alpha value is -0.520. The molecule has 1 rings (SSSR count). The summed E-state index contributed by atoms with van der Waals surface area (Å²) in [6.45, 7) is 16.0. The smallest absolute Gasteiger partial charge is 0.0163 e. The lowest BCUT2D eigenvalue weighted by atomic mass is 10.5. The van der Waals surface area contributed by atoms with Crippen LogP contribution in [0.2, 0.25) is 0 Å². The minimum absolute atomic E-state index is 1.14. The van der Waals surface area contributed by atoms with E-state index in [2.05, 4.69) is 24.3 Å². The van der Waals surface area contributed by atoms with Gasteiger partial charge in [0.1, 0.15) is 0 Å². The van der Waals surface area contributed by atoms with E-state index in [1.807, 2.05) is 55.4 Å². The topological polar surface area (TPSA) is 0 Å². The van der Waals surface area contributed by atoms with Crippen molar-refractivity contribution in [3.05, 3.63) is 24.3 Å². The molecule has 0 aliphatic heterocycles. The van der Waals surface area contributed by atoms with Gasteiger partial charge in [0.25, 0.3) is 0 Å². The number of hydrogen-bond donors (Lipinski definition) is 0. The minimum atomic E-state index is 1.14.